The molecule has 0 aliphatic rings. The van der Waals surface area contributed by atoms with E-state index in [9.17, 15) is 0 Å². The van der Waals surface area contributed by atoms with Crippen LogP contribution in [-0.4, -0.2) is 26.5 Å². The SMILES string of the molecule is CCCCOc1cc(-c2cnc(Oc3ccccc3)nc2)cc(-c2cnc(Oc3ccccc3)nc2)c1. The molecule has 0 atom stereocenters. The average molecular weight is 491 g/mol. The van der Waals surface area contributed by atoms with Crippen LogP contribution in [0.5, 0.6) is 29.3 Å². The van der Waals surface area contributed by atoms with Crippen LogP contribution >= 0.6 is 0 Å². The van der Waals surface area contributed by atoms with E-state index in [4.69, 9.17) is 14.2 Å². The van der Waals surface area contributed by atoms with Gasteiger partial charge >= 0.3 is 12.0 Å². The molecule has 37 heavy (non-hydrogen) atoms. The molecule has 2 heterocycles. The van der Waals surface area contributed by atoms with Crippen LogP contribution in [-0.2, 0) is 0 Å². The van der Waals surface area contributed by atoms with Gasteiger partial charge < -0.3 is 14.2 Å². The molecular weight excluding hydrogens is 464 g/mol. The van der Waals surface area contributed by atoms with Crippen LogP contribution in [0.25, 0.3) is 22.3 Å². The maximum Gasteiger partial charge on any atom is 0.321 e. The Labute approximate surface area is 215 Å². The van der Waals surface area contributed by atoms with Crippen LogP contribution in [0, 0.1) is 0 Å². The minimum Gasteiger partial charge on any atom is -0.494 e. The smallest absolute Gasteiger partial charge is 0.321 e. The number of hydrogen-bond acceptors (Lipinski definition) is 7. The first kappa shape index (κ1) is 23.9. The van der Waals surface area contributed by atoms with Crippen LogP contribution in [0.2, 0.25) is 0 Å². The Morgan fingerprint density at radius 3 is 1.43 bits per heavy atom. The summed E-state index contributed by atoms with van der Waals surface area (Å²) < 4.78 is 17.5. The molecule has 184 valence electrons. The number of aromatic nitrogens is 4. The maximum absolute atomic E-state index is 6.05. The third-order valence-electron chi connectivity index (χ3n) is 5.50. The van der Waals surface area contributed by atoms with Crippen LogP contribution in [0.3, 0.4) is 0 Å². The zero-order chi connectivity index (χ0) is 25.3. The van der Waals surface area contributed by atoms with E-state index >= 15 is 0 Å². The molecule has 5 rings (SSSR count). The van der Waals surface area contributed by atoms with E-state index in [1.165, 1.54) is 0 Å². The van der Waals surface area contributed by atoms with Crippen molar-refractivity contribution in [2.24, 2.45) is 0 Å². The first-order chi connectivity index (χ1) is 18.3. The molecule has 0 saturated heterocycles. The van der Waals surface area contributed by atoms with Gasteiger partial charge in [0.2, 0.25) is 0 Å². The van der Waals surface area contributed by atoms with Gasteiger partial charge in [0, 0.05) is 35.9 Å². The minimum absolute atomic E-state index is 0.285. The number of rotatable bonds is 10. The van der Waals surface area contributed by atoms with Gasteiger partial charge in [0.1, 0.15) is 17.2 Å². The van der Waals surface area contributed by atoms with Crippen molar-refractivity contribution in [1.82, 2.24) is 19.9 Å². The molecule has 0 saturated carbocycles. The Balaban J connectivity index is 1.40. The molecule has 0 aliphatic heterocycles. The molecule has 3 aromatic carbocycles. The van der Waals surface area contributed by atoms with Gasteiger partial charge in [-0.3, -0.25) is 0 Å². The van der Waals surface area contributed by atoms with E-state index in [0.29, 0.717) is 18.1 Å². The summed E-state index contributed by atoms with van der Waals surface area (Å²) in [4.78, 5) is 17.6. The number of ether oxygens (including phenoxy) is 3. The lowest BCUT2D eigenvalue weighted by atomic mass is 10.0. The van der Waals surface area contributed by atoms with Crippen molar-refractivity contribution in [2.75, 3.05) is 6.61 Å². The molecule has 7 nitrogen and oxygen atoms in total. The molecule has 0 bridgehead atoms. The quantitative estimate of drug-likeness (QED) is 0.189. The summed E-state index contributed by atoms with van der Waals surface area (Å²) in [5.74, 6) is 2.13. The van der Waals surface area contributed by atoms with Crippen LogP contribution in [0.4, 0.5) is 0 Å². The summed E-state index contributed by atoms with van der Waals surface area (Å²) in [7, 11) is 0. The summed E-state index contributed by atoms with van der Waals surface area (Å²) in [5.41, 5.74) is 3.51. The van der Waals surface area contributed by atoms with Crippen molar-refractivity contribution < 1.29 is 14.2 Å². The maximum atomic E-state index is 6.05. The fourth-order valence-electron chi connectivity index (χ4n) is 3.57. The van der Waals surface area contributed by atoms with Crippen LogP contribution in [0.1, 0.15) is 19.8 Å². The molecule has 0 amide bonds. The summed E-state index contributed by atoms with van der Waals surface area (Å²) >= 11 is 0. The van der Waals surface area contributed by atoms with Crippen molar-refractivity contribution in [2.45, 2.75) is 19.8 Å². The summed E-state index contributed by atoms with van der Waals surface area (Å²) in [6, 6.07) is 25.5. The lowest BCUT2D eigenvalue weighted by Gasteiger charge is -2.12. The highest BCUT2D eigenvalue weighted by Crippen LogP contribution is 2.32. The molecule has 2 aromatic heterocycles. The molecule has 0 fully saturated rings. The van der Waals surface area contributed by atoms with Gasteiger partial charge in [-0.1, -0.05) is 49.7 Å². The first-order valence-electron chi connectivity index (χ1n) is 12.2. The number of para-hydroxylation sites is 2. The Hall–Kier alpha value is -4.78. The zero-order valence-electron chi connectivity index (χ0n) is 20.4. The predicted octanol–water partition coefficient (Wildman–Crippen LogP) is 7.36. The molecule has 7 heteroatoms. The minimum atomic E-state index is 0.285. The third kappa shape index (κ3) is 6.46. The molecule has 5 aromatic rings. The molecule has 0 aliphatic carbocycles. The largest absolute Gasteiger partial charge is 0.494 e. The fraction of sp³-hybridized carbons (Fsp3) is 0.133. The second-order valence-corrected chi connectivity index (χ2v) is 8.29. The van der Waals surface area contributed by atoms with E-state index in [1.807, 2.05) is 78.9 Å². The van der Waals surface area contributed by atoms with Gasteiger partial charge in [0.25, 0.3) is 0 Å². The van der Waals surface area contributed by atoms with Crippen molar-refractivity contribution in [3.63, 3.8) is 0 Å². The van der Waals surface area contributed by atoms with E-state index in [2.05, 4.69) is 26.9 Å². The Bertz CT molecular complexity index is 1310. The number of nitrogens with zero attached hydrogens (tertiary/aromatic N) is 4. The molecule has 0 unspecified atom stereocenters. The second kappa shape index (κ2) is 11.8. The van der Waals surface area contributed by atoms with Gasteiger partial charge in [-0.25, -0.2) is 19.9 Å². The van der Waals surface area contributed by atoms with Gasteiger partial charge in [-0.15, -0.1) is 0 Å². The van der Waals surface area contributed by atoms with E-state index < -0.39 is 0 Å². The topological polar surface area (TPSA) is 79.2 Å². The summed E-state index contributed by atoms with van der Waals surface area (Å²) in [5, 5.41) is 0. The van der Waals surface area contributed by atoms with Crippen LogP contribution in [0.15, 0.2) is 104 Å². The van der Waals surface area contributed by atoms with E-state index in [0.717, 1.165) is 40.8 Å². The van der Waals surface area contributed by atoms with Crippen molar-refractivity contribution >= 4 is 0 Å². The van der Waals surface area contributed by atoms with Crippen molar-refractivity contribution in [1.29, 1.82) is 0 Å². The molecular formula is C30H26N4O3. The Morgan fingerprint density at radius 2 is 1.00 bits per heavy atom. The molecule has 0 radical (unpaired) electrons. The van der Waals surface area contributed by atoms with Crippen LogP contribution < -0.4 is 14.2 Å². The van der Waals surface area contributed by atoms with Crippen molar-refractivity contribution in [3.05, 3.63) is 104 Å². The first-order valence-corrected chi connectivity index (χ1v) is 12.2. The van der Waals surface area contributed by atoms with Gasteiger partial charge in [-0.05, 0) is 60.0 Å². The normalized spacial score (nSPS) is 10.6. The highest BCUT2D eigenvalue weighted by molar-refractivity contribution is 5.74. The number of unbranched alkanes of at least 4 members (excludes halogenated alkanes) is 1. The van der Waals surface area contributed by atoms with E-state index in [-0.39, 0.29) is 12.0 Å². The lowest BCUT2D eigenvalue weighted by Crippen LogP contribution is -1.98. The molecule has 0 N–H and O–H groups in total. The Kier molecular flexibility index (Phi) is 7.61. The monoisotopic (exact) mass is 490 g/mol. The van der Waals surface area contributed by atoms with Gasteiger partial charge in [0.05, 0.1) is 6.61 Å². The standard InChI is InChI=1S/C30H26N4O3/c1-2-3-14-35-28-16-22(24-18-31-29(32-19-24)36-26-10-6-4-7-11-26)15-23(17-28)25-20-33-30(34-21-25)37-27-12-8-5-9-13-27/h4-13,15-21H,2-3,14H2,1H3. The highest BCUT2D eigenvalue weighted by Gasteiger charge is 2.10. The summed E-state index contributed by atoms with van der Waals surface area (Å²) in [6.07, 6.45) is 9.00. The lowest BCUT2D eigenvalue weighted by molar-refractivity contribution is 0.309. The third-order valence-corrected chi connectivity index (χ3v) is 5.50. The highest BCUT2D eigenvalue weighted by atomic mass is 16.5. The van der Waals surface area contributed by atoms with E-state index in [1.54, 1.807) is 24.8 Å². The Morgan fingerprint density at radius 1 is 0.541 bits per heavy atom. The number of benzene rings is 3. The number of hydrogen-bond donors (Lipinski definition) is 0. The van der Waals surface area contributed by atoms with Gasteiger partial charge in [-0.2, -0.15) is 0 Å². The summed E-state index contributed by atoms with van der Waals surface area (Å²) in [6.45, 7) is 2.78. The second-order valence-electron chi connectivity index (χ2n) is 8.29. The zero-order valence-corrected chi connectivity index (χ0v) is 20.4. The average Bonchev–Trinajstić information content (AvgIpc) is 2.95. The predicted molar refractivity (Wildman–Crippen MR) is 142 cm³/mol. The van der Waals surface area contributed by atoms with Crippen molar-refractivity contribution in [3.8, 4) is 51.5 Å². The van der Waals surface area contributed by atoms with Gasteiger partial charge in [0.15, 0.2) is 0 Å². The fourth-order valence-corrected chi connectivity index (χ4v) is 3.57. The molecule has 0 spiro atoms.